The van der Waals surface area contributed by atoms with Crippen LogP contribution in [0.1, 0.15) is 5.56 Å². The molecule has 1 aromatic carbocycles. The third-order valence-corrected chi connectivity index (χ3v) is 2.19. The van der Waals surface area contributed by atoms with Crippen LogP contribution in [-0.2, 0) is 11.2 Å². The summed E-state index contributed by atoms with van der Waals surface area (Å²) in [4.78, 5) is 14.2. The van der Waals surface area contributed by atoms with E-state index in [-0.39, 0.29) is 5.91 Å². The molecule has 0 aliphatic heterocycles. The number of aromatic amines is 1. The van der Waals surface area contributed by atoms with Gasteiger partial charge in [0.05, 0.1) is 6.42 Å². The number of carbonyl (C=O) groups excluding carboxylic acids is 1. The van der Waals surface area contributed by atoms with Crippen molar-refractivity contribution >= 4 is 16.8 Å². The van der Waals surface area contributed by atoms with E-state index in [1.807, 2.05) is 30.5 Å². The maximum atomic E-state index is 11.1. The van der Waals surface area contributed by atoms with E-state index in [4.69, 9.17) is 5.84 Å². The van der Waals surface area contributed by atoms with Gasteiger partial charge in [-0.2, -0.15) is 0 Å². The summed E-state index contributed by atoms with van der Waals surface area (Å²) in [5.41, 5.74) is 4.11. The summed E-state index contributed by atoms with van der Waals surface area (Å²) in [7, 11) is 0. The lowest BCUT2D eigenvalue weighted by molar-refractivity contribution is -0.120. The smallest absolute Gasteiger partial charge is 0.238 e. The quantitative estimate of drug-likeness (QED) is 0.369. The highest BCUT2D eigenvalue weighted by Crippen LogP contribution is 2.17. The van der Waals surface area contributed by atoms with Crippen LogP contribution >= 0.6 is 0 Å². The number of fused-ring (bicyclic) bond motifs is 1. The number of benzene rings is 1. The minimum Gasteiger partial charge on any atom is -0.361 e. The van der Waals surface area contributed by atoms with E-state index < -0.39 is 0 Å². The molecule has 0 bridgehead atoms. The first kappa shape index (κ1) is 8.77. The average molecular weight is 189 g/mol. The number of hydrogen-bond donors (Lipinski definition) is 3. The van der Waals surface area contributed by atoms with Crippen LogP contribution in [0.3, 0.4) is 0 Å². The normalized spacial score (nSPS) is 10.4. The Morgan fingerprint density at radius 2 is 2.21 bits per heavy atom. The van der Waals surface area contributed by atoms with Crippen molar-refractivity contribution < 1.29 is 4.79 Å². The maximum Gasteiger partial charge on any atom is 0.238 e. The molecule has 2 aromatic rings. The summed E-state index contributed by atoms with van der Waals surface area (Å²) >= 11 is 0. The highest BCUT2D eigenvalue weighted by molar-refractivity contribution is 5.88. The average Bonchev–Trinajstić information content (AvgIpc) is 2.62. The third kappa shape index (κ3) is 1.47. The van der Waals surface area contributed by atoms with E-state index in [1.165, 1.54) is 0 Å². The first-order valence-corrected chi connectivity index (χ1v) is 4.35. The van der Waals surface area contributed by atoms with Crippen molar-refractivity contribution in [3.05, 3.63) is 36.0 Å². The molecule has 0 aliphatic carbocycles. The van der Waals surface area contributed by atoms with E-state index in [1.54, 1.807) is 0 Å². The lowest BCUT2D eigenvalue weighted by Gasteiger charge is -1.97. The largest absolute Gasteiger partial charge is 0.361 e. The monoisotopic (exact) mass is 189 g/mol. The molecule has 0 radical (unpaired) electrons. The van der Waals surface area contributed by atoms with Gasteiger partial charge in [0.25, 0.3) is 0 Å². The summed E-state index contributed by atoms with van der Waals surface area (Å²) in [6, 6.07) is 7.84. The van der Waals surface area contributed by atoms with Gasteiger partial charge < -0.3 is 4.98 Å². The minimum atomic E-state index is -0.185. The van der Waals surface area contributed by atoms with Gasteiger partial charge in [0.15, 0.2) is 0 Å². The van der Waals surface area contributed by atoms with Crippen molar-refractivity contribution in [3.63, 3.8) is 0 Å². The number of rotatable bonds is 2. The standard InChI is InChI=1S/C10H11N3O/c11-13-10(14)5-7-6-12-9-4-2-1-3-8(7)9/h1-4,6,12H,5,11H2,(H,13,14). The maximum absolute atomic E-state index is 11.1. The van der Waals surface area contributed by atoms with Gasteiger partial charge in [0, 0.05) is 17.1 Å². The Labute approximate surface area is 81.1 Å². The molecule has 0 unspecified atom stereocenters. The second kappa shape index (κ2) is 3.51. The molecule has 14 heavy (non-hydrogen) atoms. The molecule has 0 atom stereocenters. The Balaban J connectivity index is 2.38. The van der Waals surface area contributed by atoms with Crippen LogP contribution < -0.4 is 11.3 Å². The van der Waals surface area contributed by atoms with Gasteiger partial charge in [-0.1, -0.05) is 18.2 Å². The van der Waals surface area contributed by atoms with Gasteiger partial charge in [-0.05, 0) is 11.6 Å². The van der Waals surface area contributed by atoms with Crippen LogP contribution in [0.5, 0.6) is 0 Å². The molecule has 4 nitrogen and oxygen atoms in total. The van der Waals surface area contributed by atoms with Gasteiger partial charge >= 0.3 is 0 Å². The molecule has 72 valence electrons. The number of nitrogens with two attached hydrogens (primary N) is 1. The predicted octanol–water partition coefficient (Wildman–Crippen LogP) is 0.700. The summed E-state index contributed by atoms with van der Waals surface area (Å²) in [6.07, 6.45) is 2.14. The molecule has 0 spiro atoms. The molecule has 1 amide bonds. The Hall–Kier alpha value is -1.81. The number of H-pyrrole nitrogens is 1. The van der Waals surface area contributed by atoms with Crippen LogP contribution in [0.15, 0.2) is 30.5 Å². The van der Waals surface area contributed by atoms with Gasteiger partial charge in [0.1, 0.15) is 0 Å². The first-order chi connectivity index (χ1) is 6.81. The molecular weight excluding hydrogens is 178 g/mol. The summed E-state index contributed by atoms with van der Waals surface area (Å²) in [6.45, 7) is 0. The second-order valence-corrected chi connectivity index (χ2v) is 3.10. The number of hydrogen-bond acceptors (Lipinski definition) is 2. The van der Waals surface area contributed by atoms with Crippen molar-refractivity contribution in [2.24, 2.45) is 5.84 Å². The lowest BCUT2D eigenvalue weighted by atomic mass is 10.1. The zero-order chi connectivity index (χ0) is 9.97. The van der Waals surface area contributed by atoms with E-state index in [0.717, 1.165) is 16.5 Å². The fraction of sp³-hybridized carbons (Fsp3) is 0.100. The SMILES string of the molecule is NNC(=O)Cc1c[nH]c2ccccc12. The zero-order valence-electron chi connectivity index (χ0n) is 7.58. The number of carbonyl (C=O) groups is 1. The summed E-state index contributed by atoms with van der Waals surface area (Å²) < 4.78 is 0. The Kier molecular flexibility index (Phi) is 2.20. The number of aromatic nitrogens is 1. The molecule has 2 rings (SSSR count). The number of nitrogens with one attached hydrogen (secondary N) is 2. The highest BCUT2D eigenvalue weighted by atomic mass is 16.2. The van der Waals surface area contributed by atoms with Crippen molar-refractivity contribution in [1.29, 1.82) is 0 Å². The second-order valence-electron chi connectivity index (χ2n) is 3.10. The molecule has 0 saturated carbocycles. The van der Waals surface area contributed by atoms with Gasteiger partial charge in [0.2, 0.25) is 5.91 Å². The van der Waals surface area contributed by atoms with Crippen molar-refractivity contribution in [1.82, 2.24) is 10.4 Å². The fourth-order valence-corrected chi connectivity index (χ4v) is 1.50. The minimum absolute atomic E-state index is 0.185. The van der Waals surface area contributed by atoms with Crippen LogP contribution in [0.25, 0.3) is 10.9 Å². The number of amides is 1. The van der Waals surface area contributed by atoms with Gasteiger partial charge in [-0.3, -0.25) is 10.2 Å². The molecule has 1 heterocycles. The van der Waals surface area contributed by atoms with E-state index in [9.17, 15) is 4.79 Å². The first-order valence-electron chi connectivity index (χ1n) is 4.35. The molecule has 0 aliphatic rings. The topological polar surface area (TPSA) is 70.9 Å². The van der Waals surface area contributed by atoms with Crippen molar-refractivity contribution in [2.45, 2.75) is 6.42 Å². The molecular formula is C10H11N3O. The lowest BCUT2D eigenvalue weighted by Crippen LogP contribution is -2.31. The zero-order valence-corrected chi connectivity index (χ0v) is 7.58. The number of para-hydroxylation sites is 1. The Morgan fingerprint density at radius 3 is 3.00 bits per heavy atom. The van der Waals surface area contributed by atoms with Crippen LogP contribution in [0, 0.1) is 0 Å². The number of hydrazine groups is 1. The summed E-state index contributed by atoms with van der Waals surface area (Å²) in [5.74, 6) is 4.84. The van der Waals surface area contributed by atoms with E-state index >= 15 is 0 Å². The predicted molar refractivity (Wildman–Crippen MR) is 54.3 cm³/mol. The molecule has 1 aromatic heterocycles. The fourth-order valence-electron chi connectivity index (χ4n) is 1.50. The molecule has 0 saturated heterocycles. The van der Waals surface area contributed by atoms with Crippen LogP contribution in [-0.4, -0.2) is 10.9 Å². The Morgan fingerprint density at radius 1 is 1.43 bits per heavy atom. The highest BCUT2D eigenvalue weighted by Gasteiger charge is 2.06. The van der Waals surface area contributed by atoms with E-state index in [0.29, 0.717) is 6.42 Å². The van der Waals surface area contributed by atoms with Crippen LogP contribution in [0.4, 0.5) is 0 Å². The van der Waals surface area contributed by atoms with Crippen molar-refractivity contribution in [2.75, 3.05) is 0 Å². The molecule has 4 heteroatoms. The van der Waals surface area contributed by atoms with Crippen LogP contribution in [0.2, 0.25) is 0 Å². The van der Waals surface area contributed by atoms with E-state index in [2.05, 4.69) is 10.4 Å². The third-order valence-electron chi connectivity index (χ3n) is 2.19. The van der Waals surface area contributed by atoms with Gasteiger partial charge in [-0.15, -0.1) is 0 Å². The summed E-state index contributed by atoms with van der Waals surface area (Å²) in [5, 5.41) is 1.07. The molecule has 0 fully saturated rings. The van der Waals surface area contributed by atoms with Crippen molar-refractivity contribution in [3.8, 4) is 0 Å². The Bertz CT molecular complexity index is 461. The molecule has 4 N–H and O–H groups in total. The van der Waals surface area contributed by atoms with Gasteiger partial charge in [-0.25, -0.2) is 5.84 Å².